The van der Waals surface area contributed by atoms with E-state index in [0.29, 0.717) is 23.1 Å². The lowest BCUT2D eigenvalue weighted by molar-refractivity contribution is -0.117. The molecule has 3 heterocycles. The van der Waals surface area contributed by atoms with Crippen molar-refractivity contribution < 1.29 is 13.6 Å². The number of hydrogen-bond acceptors (Lipinski definition) is 6. The second kappa shape index (κ2) is 7.15. The van der Waals surface area contributed by atoms with Gasteiger partial charge in [-0.05, 0) is 31.3 Å². The Kier molecular flexibility index (Phi) is 4.55. The molecule has 3 aromatic heterocycles. The fraction of sp³-hybridized carbons (Fsp3) is 0.158. The first-order chi connectivity index (χ1) is 12.7. The SMILES string of the molecule is CN(CC(=O)Nc1nc(-c2cc3ccccc3o2)cs1)Cc1ccco1. The van der Waals surface area contributed by atoms with Gasteiger partial charge in [-0.1, -0.05) is 18.2 Å². The number of hydrogen-bond donors (Lipinski definition) is 1. The van der Waals surface area contributed by atoms with Gasteiger partial charge in [0.05, 0.1) is 19.4 Å². The lowest BCUT2D eigenvalue weighted by Crippen LogP contribution is -2.29. The van der Waals surface area contributed by atoms with Gasteiger partial charge in [-0.2, -0.15) is 0 Å². The van der Waals surface area contributed by atoms with E-state index in [2.05, 4.69) is 10.3 Å². The summed E-state index contributed by atoms with van der Waals surface area (Å²) in [5.41, 5.74) is 1.53. The number of aromatic nitrogens is 1. The van der Waals surface area contributed by atoms with Gasteiger partial charge in [-0.15, -0.1) is 11.3 Å². The van der Waals surface area contributed by atoms with Crippen LogP contribution in [-0.4, -0.2) is 29.4 Å². The number of rotatable bonds is 6. The molecule has 0 aliphatic carbocycles. The first-order valence-corrected chi connectivity index (χ1v) is 9.00. The Morgan fingerprint density at radius 2 is 2.15 bits per heavy atom. The first kappa shape index (κ1) is 16.6. The van der Waals surface area contributed by atoms with Gasteiger partial charge in [0.1, 0.15) is 17.0 Å². The highest BCUT2D eigenvalue weighted by Gasteiger charge is 2.13. The molecule has 0 aliphatic heterocycles. The van der Waals surface area contributed by atoms with Crippen molar-refractivity contribution in [2.45, 2.75) is 6.54 Å². The molecule has 0 atom stereocenters. The van der Waals surface area contributed by atoms with Gasteiger partial charge in [0.2, 0.25) is 5.91 Å². The second-order valence-corrected chi connectivity index (χ2v) is 6.84. The second-order valence-electron chi connectivity index (χ2n) is 5.99. The summed E-state index contributed by atoms with van der Waals surface area (Å²) in [4.78, 5) is 18.5. The molecule has 4 rings (SSSR count). The summed E-state index contributed by atoms with van der Waals surface area (Å²) in [5, 5.41) is 6.29. The number of nitrogens with one attached hydrogen (secondary N) is 1. The van der Waals surface area contributed by atoms with Crippen molar-refractivity contribution in [2.24, 2.45) is 0 Å². The highest BCUT2D eigenvalue weighted by atomic mass is 32.1. The zero-order valence-electron chi connectivity index (χ0n) is 14.1. The number of benzene rings is 1. The number of furan rings is 2. The van der Waals surface area contributed by atoms with Crippen molar-refractivity contribution in [3.8, 4) is 11.5 Å². The molecule has 0 unspecified atom stereocenters. The Labute approximate surface area is 154 Å². The summed E-state index contributed by atoms with van der Waals surface area (Å²) in [7, 11) is 1.86. The van der Waals surface area contributed by atoms with Gasteiger partial charge < -0.3 is 14.2 Å². The van der Waals surface area contributed by atoms with E-state index >= 15 is 0 Å². The Bertz CT molecular complexity index is 987. The lowest BCUT2D eigenvalue weighted by atomic mass is 10.2. The van der Waals surface area contributed by atoms with E-state index < -0.39 is 0 Å². The van der Waals surface area contributed by atoms with Crippen LogP contribution in [0.4, 0.5) is 5.13 Å². The number of thiazole rings is 1. The monoisotopic (exact) mass is 367 g/mol. The highest BCUT2D eigenvalue weighted by Crippen LogP contribution is 2.30. The van der Waals surface area contributed by atoms with Crippen LogP contribution >= 0.6 is 11.3 Å². The van der Waals surface area contributed by atoms with Crippen molar-refractivity contribution in [3.05, 3.63) is 59.9 Å². The third-order valence-corrected chi connectivity index (χ3v) is 4.61. The van der Waals surface area contributed by atoms with Crippen LogP contribution in [0.2, 0.25) is 0 Å². The van der Waals surface area contributed by atoms with E-state index in [0.717, 1.165) is 16.7 Å². The van der Waals surface area contributed by atoms with Crippen molar-refractivity contribution in [3.63, 3.8) is 0 Å². The molecule has 6 nitrogen and oxygen atoms in total. The number of anilines is 1. The molecule has 0 radical (unpaired) electrons. The third kappa shape index (κ3) is 3.68. The van der Waals surface area contributed by atoms with E-state index in [1.807, 2.05) is 59.8 Å². The number of carbonyl (C=O) groups excluding carboxylic acids is 1. The van der Waals surface area contributed by atoms with Crippen molar-refractivity contribution in [1.82, 2.24) is 9.88 Å². The molecule has 132 valence electrons. The van der Waals surface area contributed by atoms with Crippen LogP contribution in [0, 0.1) is 0 Å². The van der Waals surface area contributed by atoms with E-state index in [9.17, 15) is 4.79 Å². The van der Waals surface area contributed by atoms with Crippen LogP contribution in [0.3, 0.4) is 0 Å². The largest absolute Gasteiger partial charge is 0.468 e. The summed E-state index contributed by atoms with van der Waals surface area (Å²) < 4.78 is 11.1. The molecule has 26 heavy (non-hydrogen) atoms. The van der Waals surface area contributed by atoms with E-state index in [1.54, 1.807) is 6.26 Å². The van der Waals surface area contributed by atoms with Gasteiger partial charge in [-0.3, -0.25) is 9.69 Å². The minimum absolute atomic E-state index is 0.121. The average Bonchev–Trinajstić information content (AvgIpc) is 3.34. The Balaban J connectivity index is 1.39. The smallest absolute Gasteiger partial charge is 0.240 e. The summed E-state index contributed by atoms with van der Waals surface area (Å²) in [6.07, 6.45) is 1.62. The number of likely N-dealkylation sites (N-methyl/N-ethyl adjacent to an activating group) is 1. The molecule has 0 saturated heterocycles. The summed E-state index contributed by atoms with van der Waals surface area (Å²) >= 11 is 1.37. The minimum Gasteiger partial charge on any atom is -0.468 e. The maximum absolute atomic E-state index is 12.2. The van der Waals surface area contributed by atoms with E-state index in [-0.39, 0.29) is 12.5 Å². The van der Waals surface area contributed by atoms with Crippen molar-refractivity contribution >= 4 is 33.3 Å². The quantitative estimate of drug-likeness (QED) is 0.552. The number of para-hydroxylation sites is 1. The first-order valence-electron chi connectivity index (χ1n) is 8.12. The molecule has 7 heteroatoms. The molecule has 4 aromatic rings. The summed E-state index contributed by atoms with van der Waals surface area (Å²) in [6.45, 7) is 0.822. The predicted octanol–water partition coefficient (Wildman–Crippen LogP) is 4.22. The summed E-state index contributed by atoms with van der Waals surface area (Å²) in [5.74, 6) is 1.39. The van der Waals surface area contributed by atoms with Crippen molar-refractivity contribution in [1.29, 1.82) is 0 Å². The maximum atomic E-state index is 12.2. The lowest BCUT2D eigenvalue weighted by Gasteiger charge is -2.13. The molecule has 0 spiro atoms. The topological polar surface area (TPSA) is 71.5 Å². The van der Waals surface area contributed by atoms with Crippen LogP contribution in [0.15, 0.2) is 62.9 Å². The van der Waals surface area contributed by atoms with Crippen LogP contribution < -0.4 is 5.32 Å². The molecule has 1 aromatic carbocycles. The molecule has 0 bridgehead atoms. The van der Waals surface area contributed by atoms with Crippen molar-refractivity contribution in [2.75, 3.05) is 18.9 Å². The Morgan fingerprint density at radius 1 is 1.27 bits per heavy atom. The fourth-order valence-electron chi connectivity index (χ4n) is 2.68. The molecule has 1 N–H and O–H groups in total. The average molecular weight is 367 g/mol. The maximum Gasteiger partial charge on any atom is 0.240 e. The highest BCUT2D eigenvalue weighted by molar-refractivity contribution is 7.14. The fourth-order valence-corrected chi connectivity index (χ4v) is 3.40. The van der Waals surface area contributed by atoms with Crippen LogP contribution in [0.1, 0.15) is 5.76 Å². The summed E-state index contributed by atoms with van der Waals surface area (Å²) in [6, 6.07) is 13.5. The van der Waals surface area contributed by atoms with Gasteiger partial charge in [0, 0.05) is 10.8 Å². The zero-order valence-corrected chi connectivity index (χ0v) is 15.0. The van der Waals surface area contributed by atoms with Crippen LogP contribution in [0.5, 0.6) is 0 Å². The number of amides is 1. The number of fused-ring (bicyclic) bond motifs is 1. The zero-order chi connectivity index (χ0) is 17.9. The van der Waals surface area contributed by atoms with Crippen LogP contribution in [-0.2, 0) is 11.3 Å². The molecule has 0 aliphatic rings. The third-order valence-electron chi connectivity index (χ3n) is 3.85. The van der Waals surface area contributed by atoms with Gasteiger partial charge >= 0.3 is 0 Å². The molecule has 1 amide bonds. The Morgan fingerprint density at radius 3 is 2.96 bits per heavy atom. The molecular weight excluding hydrogens is 350 g/mol. The minimum atomic E-state index is -0.121. The van der Waals surface area contributed by atoms with Crippen LogP contribution in [0.25, 0.3) is 22.4 Å². The van der Waals surface area contributed by atoms with Gasteiger partial charge in [0.25, 0.3) is 0 Å². The van der Waals surface area contributed by atoms with E-state index in [1.165, 1.54) is 11.3 Å². The number of carbonyl (C=O) groups is 1. The standard InChI is InChI=1S/C19H17N3O3S/c1-22(10-14-6-4-8-24-14)11-18(23)21-19-20-15(12-26-19)17-9-13-5-2-3-7-16(13)25-17/h2-9,12H,10-11H2,1H3,(H,20,21,23). The molecule has 0 fully saturated rings. The molecular formula is C19H17N3O3S. The van der Waals surface area contributed by atoms with Gasteiger partial charge in [-0.25, -0.2) is 4.98 Å². The Hall–Kier alpha value is -2.90. The normalized spacial score (nSPS) is 11.3. The predicted molar refractivity (Wildman–Crippen MR) is 101 cm³/mol. The number of nitrogens with zero attached hydrogens (tertiary/aromatic N) is 2. The van der Waals surface area contributed by atoms with Gasteiger partial charge in [0.15, 0.2) is 10.9 Å². The molecule has 0 saturated carbocycles. The van der Waals surface area contributed by atoms with E-state index in [4.69, 9.17) is 8.83 Å².